The van der Waals surface area contributed by atoms with Crippen molar-refractivity contribution < 1.29 is 4.79 Å². The van der Waals surface area contributed by atoms with Gasteiger partial charge in [0.25, 0.3) is 5.91 Å². The normalized spacial score (nSPS) is 17.8. The van der Waals surface area contributed by atoms with Crippen molar-refractivity contribution in [1.29, 1.82) is 0 Å². The maximum Gasteiger partial charge on any atom is 0.273 e. The van der Waals surface area contributed by atoms with E-state index in [9.17, 15) is 4.79 Å². The molecule has 1 amide bonds. The van der Waals surface area contributed by atoms with E-state index in [0.717, 1.165) is 5.56 Å². The minimum atomic E-state index is -0.222. The molecule has 0 unspecified atom stereocenters. The number of hydrogen-bond acceptors (Lipinski definition) is 2. The summed E-state index contributed by atoms with van der Waals surface area (Å²) >= 11 is 10.6. The average Bonchev–Trinajstić information content (AvgIpc) is 2.45. The molecule has 0 atom stereocenters. The molecule has 1 saturated heterocycles. The molecule has 5 heteroatoms. The lowest BCUT2D eigenvalue weighted by Gasteiger charge is -1.96. The number of nitrogens with one attached hydrogen (secondary N) is 2. The van der Waals surface area contributed by atoms with Crippen LogP contribution >= 0.6 is 23.8 Å². The van der Waals surface area contributed by atoms with E-state index in [-0.39, 0.29) is 5.91 Å². The third-order valence-electron chi connectivity index (χ3n) is 1.88. The number of benzene rings is 1. The highest BCUT2D eigenvalue weighted by Crippen LogP contribution is 2.14. The second kappa shape index (κ2) is 4.00. The third-order valence-corrected chi connectivity index (χ3v) is 2.32. The first kappa shape index (κ1) is 10.1. The van der Waals surface area contributed by atoms with Gasteiger partial charge >= 0.3 is 0 Å². The zero-order valence-corrected chi connectivity index (χ0v) is 9.15. The van der Waals surface area contributed by atoms with Gasteiger partial charge in [0, 0.05) is 5.02 Å². The fourth-order valence-electron chi connectivity index (χ4n) is 1.25. The summed E-state index contributed by atoms with van der Waals surface area (Å²) in [5, 5.41) is 6.20. The van der Waals surface area contributed by atoms with Crippen LogP contribution in [0.5, 0.6) is 0 Å². The van der Waals surface area contributed by atoms with E-state index in [4.69, 9.17) is 23.8 Å². The van der Waals surface area contributed by atoms with Gasteiger partial charge in [0.2, 0.25) is 0 Å². The van der Waals surface area contributed by atoms with Crippen molar-refractivity contribution >= 4 is 40.9 Å². The van der Waals surface area contributed by atoms with Crippen LogP contribution in [0.1, 0.15) is 5.56 Å². The Morgan fingerprint density at radius 3 is 2.73 bits per heavy atom. The van der Waals surface area contributed by atoms with Gasteiger partial charge in [-0.05, 0) is 36.0 Å². The molecule has 2 N–H and O–H groups in total. The topological polar surface area (TPSA) is 41.1 Å². The predicted molar refractivity (Wildman–Crippen MR) is 63.3 cm³/mol. The lowest BCUT2D eigenvalue weighted by molar-refractivity contribution is -0.115. The maximum atomic E-state index is 11.3. The van der Waals surface area contributed by atoms with Crippen LogP contribution in [0, 0.1) is 0 Å². The standard InChI is InChI=1S/C10H7ClN2OS/c11-7-3-1-2-6(4-7)5-8-9(14)13-10(15)12-8/h1-5H,(H2,12,13,14,15). The van der Waals surface area contributed by atoms with Crippen molar-refractivity contribution in [1.82, 2.24) is 10.6 Å². The molecule has 76 valence electrons. The van der Waals surface area contributed by atoms with Crippen LogP contribution in [0.15, 0.2) is 30.0 Å². The lowest BCUT2D eigenvalue weighted by Crippen LogP contribution is -2.21. The Bertz CT molecular complexity index is 470. The van der Waals surface area contributed by atoms with Crippen LogP contribution in [-0.4, -0.2) is 11.0 Å². The van der Waals surface area contributed by atoms with E-state index < -0.39 is 0 Å². The van der Waals surface area contributed by atoms with Gasteiger partial charge in [-0.25, -0.2) is 0 Å². The highest BCUT2D eigenvalue weighted by molar-refractivity contribution is 7.80. The van der Waals surface area contributed by atoms with Crippen molar-refractivity contribution in [3.05, 3.63) is 40.5 Å². The number of carbonyl (C=O) groups excluding carboxylic acids is 1. The van der Waals surface area contributed by atoms with Crippen LogP contribution in [0.2, 0.25) is 5.02 Å². The summed E-state index contributed by atoms with van der Waals surface area (Å²) < 4.78 is 0. The van der Waals surface area contributed by atoms with E-state index in [0.29, 0.717) is 15.8 Å². The molecule has 15 heavy (non-hydrogen) atoms. The van der Waals surface area contributed by atoms with Gasteiger partial charge < -0.3 is 5.32 Å². The molecule has 0 radical (unpaired) electrons. The summed E-state index contributed by atoms with van der Waals surface area (Å²) in [5.41, 5.74) is 1.28. The molecule has 0 aliphatic carbocycles. The number of amides is 1. The van der Waals surface area contributed by atoms with E-state index in [1.54, 1.807) is 18.2 Å². The Morgan fingerprint density at radius 2 is 2.13 bits per heavy atom. The van der Waals surface area contributed by atoms with Gasteiger partial charge in [0.15, 0.2) is 5.11 Å². The van der Waals surface area contributed by atoms with Gasteiger partial charge in [0.1, 0.15) is 5.70 Å². The van der Waals surface area contributed by atoms with Gasteiger partial charge in [-0.3, -0.25) is 10.1 Å². The zero-order chi connectivity index (χ0) is 10.8. The van der Waals surface area contributed by atoms with E-state index in [1.165, 1.54) is 0 Å². The van der Waals surface area contributed by atoms with Crippen molar-refractivity contribution in [3.63, 3.8) is 0 Å². The molecular weight excluding hydrogens is 232 g/mol. The first-order valence-corrected chi connectivity index (χ1v) is 5.03. The molecule has 1 aliphatic heterocycles. The quantitative estimate of drug-likeness (QED) is 0.578. The van der Waals surface area contributed by atoms with Crippen molar-refractivity contribution in [2.24, 2.45) is 0 Å². The molecule has 1 aromatic carbocycles. The fraction of sp³-hybridized carbons (Fsp3) is 0. The van der Waals surface area contributed by atoms with Crippen LogP contribution in [0.25, 0.3) is 6.08 Å². The summed E-state index contributed by atoms with van der Waals surface area (Å²) in [7, 11) is 0. The molecule has 0 saturated carbocycles. The van der Waals surface area contributed by atoms with E-state index in [1.807, 2.05) is 12.1 Å². The number of halogens is 1. The van der Waals surface area contributed by atoms with E-state index >= 15 is 0 Å². The zero-order valence-electron chi connectivity index (χ0n) is 7.58. The molecule has 0 aromatic heterocycles. The van der Waals surface area contributed by atoms with Crippen LogP contribution in [-0.2, 0) is 4.79 Å². The smallest absolute Gasteiger partial charge is 0.273 e. The minimum absolute atomic E-state index is 0.222. The summed E-state index contributed by atoms with van der Waals surface area (Å²) in [6.45, 7) is 0. The van der Waals surface area contributed by atoms with Gasteiger partial charge in [0.05, 0.1) is 0 Å². The first-order chi connectivity index (χ1) is 7.15. The molecule has 1 aliphatic rings. The molecule has 0 bridgehead atoms. The highest BCUT2D eigenvalue weighted by Gasteiger charge is 2.19. The van der Waals surface area contributed by atoms with E-state index in [2.05, 4.69) is 10.6 Å². The largest absolute Gasteiger partial charge is 0.328 e. The molecule has 3 nitrogen and oxygen atoms in total. The van der Waals surface area contributed by atoms with Crippen molar-refractivity contribution in [2.45, 2.75) is 0 Å². The maximum absolute atomic E-state index is 11.3. The second-order valence-electron chi connectivity index (χ2n) is 3.02. The van der Waals surface area contributed by atoms with Gasteiger partial charge in [-0.1, -0.05) is 23.7 Å². The Kier molecular flexibility index (Phi) is 2.70. The molecule has 1 fully saturated rings. The predicted octanol–water partition coefficient (Wildman–Crippen LogP) is 1.69. The summed E-state index contributed by atoms with van der Waals surface area (Å²) in [6.07, 6.45) is 1.69. The Hall–Kier alpha value is -1.39. The van der Waals surface area contributed by atoms with Crippen LogP contribution in [0.3, 0.4) is 0 Å². The molecule has 2 rings (SSSR count). The Morgan fingerprint density at radius 1 is 1.33 bits per heavy atom. The summed E-state index contributed by atoms with van der Waals surface area (Å²) in [6, 6.07) is 7.22. The SMILES string of the molecule is O=C1NC(=S)NC1=Cc1cccc(Cl)c1. The molecule has 0 spiro atoms. The minimum Gasteiger partial charge on any atom is -0.328 e. The van der Waals surface area contributed by atoms with Crippen LogP contribution < -0.4 is 10.6 Å². The number of rotatable bonds is 1. The van der Waals surface area contributed by atoms with Gasteiger partial charge in [-0.15, -0.1) is 0 Å². The average molecular weight is 239 g/mol. The van der Waals surface area contributed by atoms with Crippen LogP contribution in [0.4, 0.5) is 0 Å². The number of hydrogen-bond donors (Lipinski definition) is 2. The van der Waals surface area contributed by atoms with Gasteiger partial charge in [-0.2, -0.15) is 0 Å². The summed E-state index contributed by atoms with van der Waals surface area (Å²) in [5.74, 6) is -0.222. The first-order valence-electron chi connectivity index (χ1n) is 4.25. The monoisotopic (exact) mass is 238 g/mol. The fourth-order valence-corrected chi connectivity index (χ4v) is 1.65. The third kappa shape index (κ3) is 2.34. The number of carbonyl (C=O) groups is 1. The molecular formula is C10H7ClN2OS. The second-order valence-corrected chi connectivity index (χ2v) is 3.87. The Balaban J connectivity index is 2.31. The van der Waals surface area contributed by atoms with Crippen molar-refractivity contribution in [3.8, 4) is 0 Å². The Labute approximate surface area is 97.1 Å². The summed E-state index contributed by atoms with van der Waals surface area (Å²) in [4.78, 5) is 11.3. The number of thiocarbonyl (C=S) groups is 1. The highest BCUT2D eigenvalue weighted by atomic mass is 35.5. The van der Waals surface area contributed by atoms with Crippen molar-refractivity contribution in [2.75, 3.05) is 0 Å². The lowest BCUT2D eigenvalue weighted by atomic mass is 10.2. The molecule has 1 aromatic rings. The molecule has 1 heterocycles.